The van der Waals surface area contributed by atoms with E-state index in [1.54, 1.807) is 17.0 Å². The van der Waals surface area contributed by atoms with Crippen LogP contribution >= 0.6 is 0 Å². The highest BCUT2D eigenvalue weighted by Gasteiger charge is 2.30. The summed E-state index contributed by atoms with van der Waals surface area (Å²) in [4.78, 5) is 26.3. The van der Waals surface area contributed by atoms with Gasteiger partial charge in [-0.05, 0) is 42.5 Å². The summed E-state index contributed by atoms with van der Waals surface area (Å²) in [5.74, 6) is -0.496. The molecule has 3 rings (SSSR count). The first-order valence-corrected chi connectivity index (χ1v) is 9.45. The van der Waals surface area contributed by atoms with E-state index in [9.17, 15) is 14.0 Å². The van der Waals surface area contributed by atoms with Gasteiger partial charge in [0.15, 0.2) is 0 Å². The van der Waals surface area contributed by atoms with Gasteiger partial charge < -0.3 is 10.2 Å². The molecule has 1 fully saturated rings. The minimum absolute atomic E-state index is 0.000182. The quantitative estimate of drug-likeness (QED) is 0.762. The van der Waals surface area contributed by atoms with Crippen LogP contribution in [0.5, 0.6) is 0 Å². The number of nitrogens with one attached hydrogen (secondary N) is 1. The molecule has 0 aliphatic carbocycles. The number of rotatable bonds is 7. The monoisotopic (exact) mass is 368 g/mol. The average Bonchev–Trinajstić information content (AvgIpc) is 2.68. The summed E-state index contributed by atoms with van der Waals surface area (Å²) < 4.78 is 13.4. The minimum atomic E-state index is -0.315. The molecule has 0 aromatic heterocycles. The summed E-state index contributed by atoms with van der Waals surface area (Å²) in [5, 5.41) is 2.99. The number of hydrogen-bond acceptors (Lipinski definition) is 2. The topological polar surface area (TPSA) is 49.4 Å². The second-order valence-corrected chi connectivity index (χ2v) is 7.02. The first-order valence-electron chi connectivity index (χ1n) is 9.45. The number of halogens is 1. The first kappa shape index (κ1) is 19.1. The van der Waals surface area contributed by atoms with Gasteiger partial charge in [-0.25, -0.2) is 4.39 Å². The zero-order valence-electron chi connectivity index (χ0n) is 15.4. The normalized spacial score (nSPS) is 17.0. The lowest BCUT2D eigenvalue weighted by atomic mass is 9.96. The summed E-state index contributed by atoms with van der Waals surface area (Å²) in [7, 11) is 0. The van der Waals surface area contributed by atoms with Crippen molar-refractivity contribution < 1.29 is 14.0 Å². The lowest BCUT2D eigenvalue weighted by Crippen LogP contribution is -2.45. The van der Waals surface area contributed by atoms with Gasteiger partial charge in [0.05, 0.1) is 5.92 Å². The van der Waals surface area contributed by atoms with Gasteiger partial charge in [-0.1, -0.05) is 42.5 Å². The van der Waals surface area contributed by atoms with E-state index in [1.807, 2.05) is 18.2 Å². The summed E-state index contributed by atoms with van der Waals surface area (Å²) in [6.45, 7) is 1.36. The molecule has 0 bridgehead atoms. The second-order valence-electron chi connectivity index (χ2n) is 7.02. The standard InChI is InChI=1S/C22H25FN2O2/c23-20-10-4-8-18(14-20)15-25-16-19(11-12-21(25)26)22(27)24-13-5-9-17-6-2-1-3-7-17/h1-4,6-8,10,14,19H,5,9,11-13,15-16H2,(H,24,27)/t19-/m1/s1. The number of hydrogen-bond donors (Lipinski definition) is 1. The Kier molecular flexibility index (Phi) is 6.58. The molecule has 2 aromatic rings. The van der Waals surface area contributed by atoms with Crippen molar-refractivity contribution in [1.29, 1.82) is 0 Å². The van der Waals surface area contributed by atoms with Crippen molar-refractivity contribution in [2.45, 2.75) is 32.2 Å². The van der Waals surface area contributed by atoms with Crippen molar-refractivity contribution in [2.75, 3.05) is 13.1 Å². The van der Waals surface area contributed by atoms with Crippen molar-refractivity contribution in [2.24, 2.45) is 5.92 Å². The summed E-state index contributed by atoms with van der Waals surface area (Å²) in [6, 6.07) is 16.4. The van der Waals surface area contributed by atoms with E-state index in [0.717, 1.165) is 18.4 Å². The molecule has 1 saturated heterocycles. The number of amides is 2. The molecule has 2 amide bonds. The van der Waals surface area contributed by atoms with Gasteiger partial charge in [-0.15, -0.1) is 0 Å². The molecule has 1 N–H and O–H groups in total. The van der Waals surface area contributed by atoms with E-state index < -0.39 is 0 Å². The Labute approximate surface area is 159 Å². The Hall–Kier alpha value is -2.69. The Bertz CT molecular complexity index is 779. The molecule has 142 valence electrons. The van der Waals surface area contributed by atoms with Crippen LogP contribution in [0.3, 0.4) is 0 Å². The maximum absolute atomic E-state index is 13.4. The van der Waals surface area contributed by atoms with Crippen LogP contribution in [0.25, 0.3) is 0 Å². The van der Waals surface area contributed by atoms with E-state index in [1.165, 1.54) is 17.7 Å². The number of nitrogens with zero attached hydrogens (tertiary/aromatic N) is 1. The number of benzene rings is 2. The third-order valence-corrected chi connectivity index (χ3v) is 4.92. The third-order valence-electron chi connectivity index (χ3n) is 4.92. The number of likely N-dealkylation sites (tertiary alicyclic amines) is 1. The van der Waals surface area contributed by atoms with Crippen LogP contribution in [0, 0.1) is 11.7 Å². The van der Waals surface area contributed by atoms with Crippen molar-refractivity contribution in [3.05, 3.63) is 71.5 Å². The van der Waals surface area contributed by atoms with E-state index in [2.05, 4.69) is 17.4 Å². The predicted octanol–water partition coefficient (Wildman–Crippen LogP) is 3.31. The number of aryl methyl sites for hydroxylation is 1. The van der Waals surface area contributed by atoms with Crippen LogP contribution in [0.15, 0.2) is 54.6 Å². The fraction of sp³-hybridized carbons (Fsp3) is 0.364. The summed E-state index contributed by atoms with van der Waals surface area (Å²) in [5.41, 5.74) is 2.00. The van der Waals surface area contributed by atoms with Gasteiger partial charge in [0.1, 0.15) is 5.82 Å². The molecule has 5 heteroatoms. The molecular weight excluding hydrogens is 343 g/mol. The molecule has 0 unspecified atom stereocenters. The van der Waals surface area contributed by atoms with Crippen molar-refractivity contribution in [3.63, 3.8) is 0 Å². The SMILES string of the molecule is O=C(NCCCc1ccccc1)[C@@H]1CCC(=O)N(Cc2cccc(F)c2)C1. The first-order chi connectivity index (χ1) is 13.1. The lowest BCUT2D eigenvalue weighted by molar-refractivity contribution is -0.138. The highest BCUT2D eigenvalue weighted by atomic mass is 19.1. The van der Waals surface area contributed by atoms with Crippen LogP contribution < -0.4 is 5.32 Å². The smallest absolute Gasteiger partial charge is 0.224 e. The van der Waals surface area contributed by atoms with Gasteiger partial charge in [0.2, 0.25) is 11.8 Å². The Morgan fingerprint density at radius 3 is 2.67 bits per heavy atom. The molecule has 0 radical (unpaired) electrons. The van der Waals surface area contributed by atoms with Gasteiger partial charge in [-0.2, -0.15) is 0 Å². The van der Waals surface area contributed by atoms with E-state index in [-0.39, 0.29) is 23.5 Å². The average molecular weight is 368 g/mol. The molecule has 1 aliphatic rings. The molecule has 1 atom stereocenters. The van der Waals surface area contributed by atoms with Crippen LogP contribution in [0.4, 0.5) is 4.39 Å². The summed E-state index contributed by atoms with van der Waals surface area (Å²) >= 11 is 0. The molecule has 1 aliphatic heterocycles. The largest absolute Gasteiger partial charge is 0.356 e. The van der Waals surface area contributed by atoms with E-state index in [4.69, 9.17) is 0 Å². The summed E-state index contributed by atoms with van der Waals surface area (Å²) in [6.07, 6.45) is 2.74. The minimum Gasteiger partial charge on any atom is -0.356 e. The van der Waals surface area contributed by atoms with Crippen LogP contribution in [0.2, 0.25) is 0 Å². The van der Waals surface area contributed by atoms with Crippen LogP contribution in [-0.4, -0.2) is 29.8 Å². The number of piperidine rings is 1. The Morgan fingerprint density at radius 2 is 1.89 bits per heavy atom. The molecular formula is C22H25FN2O2. The maximum Gasteiger partial charge on any atom is 0.224 e. The van der Waals surface area contributed by atoms with Gasteiger partial charge in [-0.3, -0.25) is 9.59 Å². The predicted molar refractivity (Wildman–Crippen MR) is 102 cm³/mol. The number of carbonyl (C=O) groups is 2. The van der Waals surface area contributed by atoms with Crippen molar-refractivity contribution >= 4 is 11.8 Å². The van der Waals surface area contributed by atoms with Gasteiger partial charge >= 0.3 is 0 Å². The zero-order chi connectivity index (χ0) is 19.1. The van der Waals surface area contributed by atoms with Crippen molar-refractivity contribution in [3.8, 4) is 0 Å². The van der Waals surface area contributed by atoms with E-state index >= 15 is 0 Å². The molecule has 0 saturated carbocycles. The molecule has 2 aromatic carbocycles. The van der Waals surface area contributed by atoms with Crippen LogP contribution in [-0.2, 0) is 22.6 Å². The highest BCUT2D eigenvalue weighted by molar-refractivity contribution is 5.83. The fourth-order valence-electron chi connectivity index (χ4n) is 3.43. The van der Waals surface area contributed by atoms with Gasteiger partial charge in [0.25, 0.3) is 0 Å². The molecule has 1 heterocycles. The maximum atomic E-state index is 13.4. The fourth-order valence-corrected chi connectivity index (χ4v) is 3.43. The van der Waals surface area contributed by atoms with Gasteiger partial charge in [0, 0.05) is 26.1 Å². The van der Waals surface area contributed by atoms with Crippen molar-refractivity contribution in [1.82, 2.24) is 10.2 Å². The zero-order valence-corrected chi connectivity index (χ0v) is 15.4. The number of carbonyl (C=O) groups excluding carboxylic acids is 2. The Morgan fingerprint density at radius 1 is 1.11 bits per heavy atom. The Balaban J connectivity index is 1.46. The van der Waals surface area contributed by atoms with Crippen LogP contribution in [0.1, 0.15) is 30.4 Å². The molecule has 27 heavy (non-hydrogen) atoms. The van der Waals surface area contributed by atoms with E-state index in [0.29, 0.717) is 32.5 Å². The molecule has 0 spiro atoms. The molecule has 4 nitrogen and oxygen atoms in total. The second kappa shape index (κ2) is 9.31. The lowest BCUT2D eigenvalue weighted by Gasteiger charge is -2.32. The highest BCUT2D eigenvalue weighted by Crippen LogP contribution is 2.20. The third kappa shape index (κ3) is 5.64.